The second kappa shape index (κ2) is 7.29. The van der Waals surface area contributed by atoms with Crippen molar-refractivity contribution in [2.24, 2.45) is 0 Å². The molecule has 0 aliphatic carbocycles. The van der Waals surface area contributed by atoms with Crippen molar-refractivity contribution in [3.8, 4) is 5.75 Å². The van der Waals surface area contributed by atoms with Crippen LogP contribution in [0.4, 0.5) is 0 Å². The Labute approximate surface area is 139 Å². The van der Waals surface area contributed by atoms with E-state index in [2.05, 4.69) is 17.1 Å². The molecule has 0 N–H and O–H groups in total. The maximum absolute atomic E-state index is 11.5. The van der Waals surface area contributed by atoms with Crippen molar-refractivity contribution in [3.05, 3.63) is 66.2 Å². The molecular weight excluding hydrogens is 306 g/mol. The minimum atomic E-state index is 0.0180. The van der Waals surface area contributed by atoms with E-state index in [-0.39, 0.29) is 5.78 Å². The molecule has 0 fully saturated rings. The molecule has 0 saturated carbocycles. The fourth-order valence-electron chi connectivity index (χ4n) is 2.31. The standard InChI is InChI=1S/C19H17NO2S/c1-14(21)16-7-3-5-9-18(16)22-12-13-23-19-11-10-15-6-2-4-8-17(15)20-19/h2-11H,12-13H2,1H3. The molecule has 3 aromatic rings. The predicted octanol–water partition coefficient (Wildman–Crippen LogP) is 4.61. The van der Waals surface area contributed by atoms with Gasteiger partial charge in [0.15, 0.2) is 5.78 Å². The van der Waals surface area contributed by atoms with E-state index in [0.29, 0.717) is 17.9 Å². The van der Waals surface area contributed by atoms with Gasteiger partial charge < -0.3 is 4.74 Å². The molecule has 116 valence electrons. The summed E-state index contributed by atoms with van der Waals surface area (Å²) in [6.07, 6.45) is 0. The Morgan fingerprint density at radius 1 is 1.04 bits per heavy atom. The number of nitrogens with zero attached hydrogens (tertiary/aromatic N) is 1. The summed E-state index contributed by atoms with van der Waals surface area (Å²) in [5, 5.41) is 2.12. The Kier molecular flexibility index (Phi) is 4.93. The molecular formula is C19H17NO2S. The highest BCUT2D eigenvalue weighted by atomic mass is 32.2. The van der Waals surface area contributed by atoms with Gasteiger partial charge in [-0.05, 0) is 31.2 Å². The van der Waals surface area contributed by atoms with Gasteiger partial charge in [-0.3, -0.25) is 4.79 Å². The molecule has 0 spiro atoms. The molecule has 0 atom stereocenters. The summed E-state index contributed by atoms with van der Waals surface area (Å²) in [4.78, 5) is 16.2. The summed E-state index contributed by atoms with van der Waals surface area (Å²) in [7, 11) is 0. The number of benzene rings is 2. The molecule has 1 heterocycles. The first-order chi connectivity index (χ1) is 11.2. The van der Waals surface area contributed by atoms with E-state index in [1.807, 2.05) is 42.5 Å². The monoisotopic (exact) mass is 323 g/mol. The zero-order valence-corrected chi connectivity index (χ0v) is 13.7. The van der Waals surface area contributed by atoms with Crippen molar-refractivity contribution in [2.45, 2.75) is 11.9 Å². The van der Waals surface area contributed by atoms with Crippen LogP contribution in [0.15, 0.2) is 65.7 Å². The van der Waals surface area contributed by atoms with Crippen LogP contribution >= 0.6 is 11.8 Å². The third-order valence-corrected chi connectivity index (χ3v) is 4.32. The van der Waals surface area contributed by atoms with Crippen LogP contribution in [0.25, 0.3) is 10.9 Å². The quantitative estimate of drug-likeness (QED) is 0.377. The second-order valence-electron chi connectivity index (χ2n) is 5.09. The molecule has 3 nitrogen and oxygen atoms in total. The van der Waals surface area contributed by atoms with Gasteiger partial charge in [0, 0.05) is 11.1 Å². The largest absolute Gasteiger partial charge is 0.492 e. The lowest BCUT2D eigenvalue weighted by Crippen LogP contribution is -2.04. The fourth-order valence-corrected chi connectivity index (χ4v) is 3.01. The number of carbonyl (C=O) groups is 1. The summed E-state index contributed by atoms with van der Waals surface area (Å²) in [6, 6.07) is 19.5. The van der Waals surface area contributed by atoms with E-state index in [4.69, 9.17) is 4.74 Å². The van der Waals surface area contributed by atoms with Crippen LogP contribution in [-0.2, 0) is 0 Å². The van der Waals surface area contributed by atoms with Crippen LogP contribution < -0.4 is 4.74 Å². The summed E-state index contributed by atoms with van der Waals surface area (Å²) in [5.41, 5.74) is 1.63. The zero-order chi connectivity index (χ0) is 16.1. The Balaban J connectivity index is 1.58. The highest BCUT2D eigenvalue weighted by Crippen LogP contribution is 2.21. The number of thioether (sulfide) groups is 1. The average molecular weight is 323 g/mol. The van der Waals surface area contributed by atoms with Gasteiger partial charge in [0.1, 0.15) is 5.75 Å². The number of hydrogen-bond donors (Lipinski definition) is 0. The number of pyridine rings is 1. The lowest BCUT2D eigenvalue weighted by Gasteiger charge is -2.09. The predicted molar refractivity (Wildman–Crippen MR) is 94.4 cm³/mol. The first-order valence-corrected chi connectivity index (χ1v) is 8.44. The van der Waals surface area contributed by atoms with Gasteiger partial charge in [-0.1, -0.05) is 36.4 Å². The van der Waals surface area contributed by atoms with Gasteiger partial charge in [-0.15, -0.1) is 11.8 Å². The number of ether oxygens (including phenoxy) is 1. The number of fused-ring (bicyclic) bond motifs is 1. The van der Waals surface area contributed by atoms with E-state index in [1.54, 1.807) is 24.8 Å². The Bertz CT molecular complexity index is 832. The van der Waals surface area contributed by atoms with E-state index < -0.39 is 0 Å². The van der Waals surface area contributed by atoms with Crippen LogP contribution in [0, 0.1) is 0 Å². The van der Waals surface area contributed by atoms with Gasteiger partial charge in [0.25, 0.3) is 0 Å². The fraction of sp³-hybridized carbons (Fsp3) is 0.158. The number of carbonyl (C=O) groups excluding carboxylic acids is 1. The van der Waals surface area contributed by atoms with Crippen LogP contribution in [0.5, 0.6) is 5.75 Å². The molecule has 0 saturated heterocycles. The molecule has 0 amide bonds. The van der Waals surface area contributed by atoms with E-state index in [1.165, 1.54) is 0 Å². The topological polar surface area (TPSA) is 39.2 Å². The first-order valence-electron chi connectivity index (χ1n) is 7.45. The van der Waals surface area contributed by atoms with Crippen LogP contribution in [0.2, 0.25) is 0 Å². The first kappa shape index (κ1) is 15.6. The van der Waals surface area contributed by atoms with E-state index in [0.717, 1.165) is 21.7 Å². The minimum Gasteiger partial charge on any atom is -0.492 e. The molecule has 0 bridgehead atoms. The highest BCUT2D eigenvalue weighted by Gasteiger charge is 2.07. The van der Waals surface area contributed by atoms with E-state index in [9.17, 15) is 4.79 Å². The maximum Gasteiger partial charge on any atom is 0.163 e. The van der Waals surface area contributed by atoms with Crippen molar-refractivity contribution in [1.29, 1.82) is 0 Å². The van der Waals surface area contributed by atoms with Crippen molar-refractivity contribution in [3.63, 3.8) is 0 Å². The SMILES string of the molecule is CC(=O)c1ccccc1OCCSc1ccc2ccccc2n1. The van der Waals surface area contributed by atoms with Gasteiger partial charge in [0.05, 0.1) is 22.7 Å². The number of Topliss-reactive ketones (excluding diaryl/α,β-unsaturated/α-hetero) is 1. The van der Waals surface area contributed by atoms with Gasteiger partial charge >= 0.3 is 0 Å². The summed E-state index contributed by atoms with van der Waals surface area (Å²) in [5.74, 6) is 1.44. The molecule has 0 radical (unpaired) electrons. The van der Waals surface area contributed by atoms with Crippen LogP contribution in [0.3, 0.4) is 0 Å². The zero-order valence-electron chi connectivity index (χ0n) is 12.9. The van der Waals surface area contributed by atoms with Gasteiger partial charge in [0.2, 0.25) is 0 Å². The van der Waals surface area contributed by atoms with Gasteiger partial charge in [-0.2, -0.15) is 0 Å². The number of aromatic nitrogens is 1. The van der Waals surface area contributed by atoms with Crippen LogP contribution in [-0.4, -0.2) is 23.1 Å². The number of hydrogen-bond acceptors (Lipinski definition) is 4. The Morgan fingerprint density at radius 3 is 2.70 bits per heavy atom. The molecule has 4 heteroatoms. The molecule has 0 aliphatic heterocycles. The second-order valence-corrected chi connectivity index (χ2v) is 6.21. The normalized spacial score (nSPS) is 10.7. The number of ketones is 1. The smallest absolute Gasteiger partial charge is 0.163 e. The molecule has 0 aliphatic rings. The Hall–Kier alpha value is -2.33. The van der Waals surface area contributed by atoms with Crippen LogP contribution in [0.1, 0.15) is 17.3 Å². The maximum atomic E-state index is 11.5. The highest BCUT2D eigenvalue weighted by molar-refractivity contribution is 7.99. The lowest BCUT2D eigenvalue weighted by atomic mass is 10.1. The number of rotatable bonds is 6. The third kappa shape index (κ3) is 3.90. The van der Waals surface area contributed by atoms with Crippen molar-refractivity contribution >= 4 is 28.4 Å². The lowest BCUT2D eigenvalue weighted by molar-refractivity contribution is 0.101. The van der Waals surface area contributed by atoms with E-state index >= 15 is 0 Å². The van der Waals surface area contributed by atoms with Crippen molar-refractivity contribution < 1.29 is 9.53 Å². The minimum absolute atomic E-state index is 0.0180. The van der Waals surface area contributed by atoms with Crippen molar-refractivity contribution in [1.82, 2.24) is 4.98 Å². The third-order valence-electron chi connectivity index (χ3n) is 3.43. The summed E-state index contributed by atoms with van der Waals surface area (Å²) >= 11 is 1.65. The molecule has 0 unspecified atom stereocenters. The van der Waals surface area contributed by atoms with Crippen molar-refractivity contribution in [2.75, 3.05) is 12.4 Å². The molecule has 23 heavy (non-hydrogen) atoms. The molecule has 2 aromatic carbocycles. The summed E-state index contributed by atoms with van der Waals surface area (Å²) in [6.45, 7) is 2.08. The Morgan fingerprint density at radius 2 is 1.83 bits per heavy atom. The summed E-state index contributed by atoms with van der Waals surface area (Å²) < 4.78 is 5.74. The van der Waals surface area contributed by atoms with Gasteiger partial charge in [-0.25, -0.2) is 4.98 Å². The number of para-hydroxylation sites is 2. The molecule has 3 rings (SSSR count). The average Bonchev–Trinajstić information content (AvgIpc) is 2.59. The molecule has 1 aromatic heterocycles.